The third kappa shape index (κ3) is 3.80. The number of aliphatic hydroxyl groups excluding tert-OH is 1. The van der Waals surface area contributed by atoms with Gasteiger partial charge in [-0.1, -0.05) is 30.3 Å². The molecule has 0 radical (unpaired) electrons. The molecule has 8 heteroatoms. The van der Waals surface area contributed by atoms with Gasteiger partial charge in [-0.2, -0.15) is 9.61 Å². The van der Waals surface area contributed by atoms with E-state index < -0.39 is 23.8 Å². The van der Waals surface area contributed by atoms with Crippen molar-refractivity contribution < 1.29 is 23.4 Å². The third-order valence-electron chi connectivity index (χ3n) is 6.16. The molecule has 2 atom stereocenters. The maximum absolute atomic E-state index is 14.0. The molecule has 5 rings (SSSR count). The summed E-state index contributed by atoms with van der Waals surface area (Å²) in [7, 11) is 0. The number of aliphatic hydroxyl groups is 1. The second-order valence-electron chi connectivity index (χ2n) is 8.54. The van der Waals surface area contributed by atoms with Gasteiger partial charge in [-0.25, -0.2) is 8.78 Å². The van der Waals surface area contributed by atoms with Crippen LogP contribution in [-0.2, 0) is 13.0 Å². The van der Waals surface area contributed by atoms with Crippen LogP contribution >= 0.6 is 0 Å². The Labute approximate surface area is 194 Å². The van der Waals surface area contributed by atoms with E-state index in [1.807, 2.05) is 31.2 Å². The molecule has 0 saturated carbocycles. The fraction of sp³-hybridized carbons (Fsp3) is 0.231. The molecular weight excluding hydrogens is 440 g/mol. The monoisotopic (exact) mass is 463 g/mol. The Morgan fingerprint density at radius 3 is 2.65 bits per heavy atom. The van der Waals surface area contributed by atoms with Crippen LogP contribution in [0, 0.1) is 25.5 Å². The number of aromatic nitrogens is 2. The average Bonchev–Trinajstić information content (AvgIpc) is 3.29. The SMILES string of the molecule is Cc1cc(OCc2c(F)cccc2F)n2nc(C)c(C(=O)NC3c4ccccc4CC3O)c2c1. The van der Waals surface area contributed by atoms with E-state index in [0.29, 0.717) is 23.2 Å². The lowest BCUT2D eigenvalue weighted by atomic mass is 10.1. The molecule has 1 aliphatic rings. The fourth-order valence-corrected chi connectivity index (χ4v) is 4.52. The number of ether oxygens (including phenoxy) is 1. The molecule has 174 valence electrons. The Morgan fingerprint density at radius 2 is 1.88 bits per heavy atom. The minimum absolute atomic E-state index is 0.187. The lowest BCUT2D eigenvalue weighted by Gasteiger charge is -2.18. The van der Waals surface area contributed by atoms with E-state index in [0.717, 1.165) is 16.7 Å². The number of benzene rings is 2. The van der Waals surface area contributed by atoms with Gasteiger partial charge in [0.05, 0.1) is 34.5 Å². The van der Waals surface area contributed by atoms with Gasteiger partial charge in [-0.05, 0) is 48.7 Å². The molecule has 0 saturated heterocycles. The van der Waals surface area contributed by atoms with Crippen LogP contribution in [0.5, 0.6) is 5.88 Å². The Hall–Kier alpha value is -3.78. The Balaban J connectivity index is 1.47. The molecule has 0 bridgehead atoms. The lowest BCUT2D eigenvalue weighted by molar-refractivity contribution is 0.0859. The molecule has 2 heterocycles. The summed E-state index contributed by atoms with van der Waals surface area (Å²) in [5.74, 6) is -1.51. The van der Waals surface area contributed by atoms with Gasteiger partial charge in [0.15, 0.2) is 0 Å². The van der Waals surface area contributed by atoms with E-state index in [-0.39, 0.29) is 24.0 Å². The summed E-state index contributed by atoms with van der Waals surface area (Å²) in [5, 5.41) is 17.9. The number of nitrogens with zero attached hydrogens (tertiary/aromatic N) is 2. The molecule has 1 aliphatic carbocycles. The van der Waals surface area contributed by atoms with Gasteiger partial charge in [-0.3, -0.25) is 4.79 Å². The van der Waals surface area contributed by atoms with Crippen molar-refractivity contribution in [2.45, 2.75) is 39.0 Å². The molecule has 0 spiro atoms. The van der Waals surface area contributed by atoms with Crippen molar-refractivity contribution in [3.05, 3.63) is 99.7 Å². The quantitative estimate of drug-likeness (QED) is 0.465. The van der Waals surface area contributed by atoms with Crippen LogP contribution in [-0.4, -0.2) is 26.7 Å². The molecule has 0 aliphatic heterocycles. The summed E-state index contributed by atoms with van der Waals surface area (Å²) in [4.78, 5) is 13.3. The Kier molecular flexibility index (Phi) is 5.53. The maximum atomic E-state index is 14.0. The largest absolute Gasteiger partial charge is 0.473 e. The number of hydrogen-bond acceptors (Lipinski definition) is 4. The van der Waals surface area contributed by atoms with Gasteiger partial charge in [0.2, 0.25) is 5.88 Å². The summed E-state index contributed by atoms with van der Waals surface area (Å²) in [5.41, 5.74) is 3.81. The summed E-state index contributed by atoms with van der Waals surface area (Å²) in [6.45, 7) is 3.21. The van der Waals surface area contributed by atoms with E-state index in [4.69, 9.17) is 4.74 Å². The van der Waals surface area contributed by atoms with Crippen molar-refractivity contribution in [2.75, 3.05) is 0 Å². The highest BCUT2D eigenvalue weighted by atomic mass is 19.1. The molecule has 6 nitrogen and oxygen atoms in total. The molecule has 2 aromatic heterocycles. The number of hydrogen-bond donors (Lipinski definition) is 2. The van der Waals surface area contributed by atoms with Gasteiger partial charge in [0, 0.05) is 12.5 Å². The number of rotatable bonds is 5. The maximum Gasteiger partial charge on any atom is 0.255 e. The summed E-state index contributed by atoms with van der Waals surface area (Å²) < 4.78 is 35.3. The molecule has 0 fully saturated rings. The molecular formula is C26H23F2N3O3. The van der Waals surface area contributed by atoms with Gasteiger partial charge < -0.3 is 15.2 Å². The highest BCUT2D eigenvalue weighted by molar-refractivity contribution is 6.02. The first kappa shape index (κ1) is 22.0. The predicted molar refractivity (Wildman–Crippen MR) is 122 cm³/mol. The van der Waals surface area contributed by atoms with Crippen LogP contribution in [0.1, 0.15) is 44.3 Å². The number of pyridine rings is 1. The Morgan fingerprint density at radius 1 is 1.15 bits per heavy atom. The number of halogens is 2. The van der Waals surface area contributed by atoms with Crippen LogP contribution in [0.25, 0.3) is 5.52 Å². The van der Waals surface area contributed by atoms with Crippen LogP contribution in [0.2, 0.25) is 0 Å². The molecule has 2 unspecified atom stereocenters. The normalized spacial score (nSPS) is 17.1. The standard InChI is InChI=1S/C26H23F2N3O3/c1-14-10-21-24(26(33)29-25-17-7-4-3-6-16(17)12-22(25)32)15(2)30-31(21)23(11-14)34-13-18-19(27)8-5-9-20(18)28/h3-11,22,25,32H,12-13H2,1-2H3,(H,29,33). The molecule has 2 N–H and O–H groups in total. The topological polar surface area (TPSA) is 75.9 Å². The molecule has 34 heavy (non-hydrogen) atoms. The van der Waals surface area contributed by atoms with E-state index in [2.05, 4.69) is 10.4 Å². The third-order valence-corrected chi connectivity index (χ3v) is 6.16. The zero-order chi connectivity index (χ0) is 24.0. The summed E-state index contributed by atoms with van der Waals surface area (Å²) in [6.07, 6.45) is -0.252. The predicted octanol–water partition coefficient (Wildman–Crippen LogP) is 4.20. The van der Waals surface area contributed by atoms with Crippen molar-refractivity contribution in [2.24, 2.45) is 0 Å². The van der Waals surface area contributed by atoms with Gasteiger partial charge in [0.25, 0.3) is 5.91 Å². The number of nitrogens with one attached hydrogen (secondary N) is 1. The number of fused-ring (bicyclic) bond motifs is 2. The average molecular weight is 463 g/mol. The Bertz CT molecular complexity index is 1400. The highest BCUT2D eigenvalue weighted by Crippen LogP contribution is 2.32. The zero-order valence-corrected chi connectivity index (χ0v) is 18.7. The van der Waals surface area contributed by atoms with E-state index in [9.17, 15) is 18.7 Å². The van der Waals surface area contributed by atoms with Crippen molar-refractivity contribution in [3.63, 3.8) is 0 Å². The smallest absolute Gasteiger partial charge is 0.255 e. The zero-order valence-electron chi connectivity index (χ0n) is 18.7. The summed E-state index contributed by atoms with van der Waals surface area (Å²) >= 11 is 0. The van der Waals surface area contributed by atoms with E-state index in [1.54, 1.807) is 19.1 Å². The second kappa shape index (κ2) is 8.53. The first-order valence-corrected chi connectivity index (χ1v) is 11.0. The minimum atomic E-state index is -0.722. The highest BCUT2D eigenvalue weighted by Gasteiger charge is 2.33. The van der Waals surface area contributed by atoms with Gasteiger partial charge in [-0.15, -0.1) is 0 Å². The minimum Gasteiger partial charge on any atom is -0.473 e. The van der Waals surface area contributed by atoms with Crippen LogP contribution < -0.4 is 10.1 Å². The van der Waals surface area contributed by atoms with Crippen molar-refractivity contribution in [1.29, 1.82) is 0 Å². The molecule has 1 amide bonds. The van der Waals surface area contributed by atoms with Crippen molar-refractivity contribution >= 4 is 11.4 Å². The van der Waals surface area contributed by atoms with E-state index in [1.165, 1.54) is 22.7 Å². The van der Waals surface area contributed by atoms with Crippen molar-refractivity contribution in [3.8, 4) is 5.88 Å². The number of aryl methyl sites for hydroxylation is 2. The molecule has 2 aromatic carbocycles. The fourth-order valence-electron chi connectivity index (χ4n) is 4.52. The first-order chi connectivity index (χ1) is 16.3. The number of carbonyl (C=O) groups excluding carboxylic acids is 1. The van der Waals surface area contributed by atoms with Crippen LogP contribution in [0.3, 0.4) is 0 Å². The number of amides is 1. The van der Waals surface area contributed by atoms with Crippen LogP contribution in [0.15, 0.2) is 54.6 Å². The van der Waals surface area contributed by atoms with Gasteiger partial charge >= 0.3 is 0 Å². The van der Waals surface area contributed by atoms with Crippen LogP contribution in [0.4, 0.5) is 8.78 Å². The summed E-state index contributed by atoms with van der Waals surface area (Å²) in [6, 6.07) is 14.2. The van der Waals surface area contributed by atoms with Crippen molar-refractivity contribution in [1.82, 2.24) is 14.9 Å². The van der Waals surface area contributed by atoms with E-state index >= 15 is 0 Å². The molecule has 4 aromatic rings. The lowest BCUT2D eigenvalue weighted by Crippen LogP contribution is -2.34. The first-order valence-electron chi connectivity index (χ1n) is 11.0. The van der Waals surface area contributed by atoms with Gasteiger partial charge in [0.1, 0.15) is 18.2 Å². The number of carbonyl (C=O) groups is 1. The second-order valence-corrected chi connectivity index (χ2v) is 8.54.